The summed E-state index contributed by atoms with van der Waals surface area (Å²) in [4.78, 5) is 22.3. The lowest BCUT2D eigenvalue weighted by atomic mass is 10.2. The van der Waals surface area contributed by atoms with Gasteiger partial charge in [0, 0.05) is 18.7 Å². The van der Waals surface area contributed by atoms with Gasteiger partial charge in [-0.2, -0.15) is 0 Å². The van der Waals surface area contributed by atoms with E-state index in [9.17, 15) is 9.59 Å². The Morgan fingerprint density at radius 2 is 1.74 bits per heavy atom. The Labute approximate surface area is 113 Å². The highest BCUT2D eigenvalue weighted by Crippen LogP contribution is 2.12. The number of carbonyl (C=O) groups excluding carboxylic acids is 2. The Morgan fingerprint density at radius 1 is 1.16 bits per heavy atom. The predicted molar refractivity (Wildman–Crippen MR) is 75.6 cm³/mol. The molecule has 0 saturated heterocycles. The number of rotatable bonds is 3. The fourth-order valence-electron chi connectivity index (χ4n) is 1.38. The molecule has 0 unspecified atom stereocenters. The number of ether oxygens (including phenoxy) is 1. The molecule has 0 aliphatic carbocycles. The third kappa shape index (κ3) is 6.41. The molecule has 1 rings (SSSR count). The molecular weight excluding hydrogens is 242 g/mol. The molecule has 0 atom stereocenters. The third-order valence-corrected chi connectivity index (χ3v) is 2.05. The SMILES string of the molecule is CC(=O)Nc1ccc(/C=C/C(=O)OC(C)(C)C)cc1. The maximum atomic E-state index is 11.5. The van der Waals surface area contributed by atoms with E-state index in [4.69, 9.17) is 4.74 Å². The molecule has 0 aliphatic heterocycles. The third-order valence-electron chi connectivity index (χ3n) is 2.05. The lowest BCUT2D eigenvalue weighted by Crippen LogP contribution is -2.22. The van der Waals surface area contributed by atoms with Crippen molar-refractivity contribution in [3.63, 3.8) is 0 Å². The van der Waals surface area contributed by atoms with Crippen LogP contribution in [0.15, 0.2) is 30.3 Å². The molecule has 4 nitrogen and oxygen atoms in total. The van der Waals surface area contributed by atoms with Crippen LogP contribution >= 0.6 is 0 Å². The standard InChI is InChI=1S/C15H19NO3/c1-11(17)16-13-8-5-12(6-9-13)7-10-14(18)19-15(2,3)4/h5-10H,1-4H3,(H,16,17)/b10-7+. The van der Waals surface area contributed by atoms with Crippen LogP contribution in [0, 0.1) is 0 Å². The van der Waals surface area contributed by atoms with Crippen LogP contribution in [0.2, 0.25) is 0 Å². The average molecular weight is 261 g/mol. The van der Waals surface area contributed by atoms with Gasteiger partial charge in [0.05, 0.1) is 0 Å². The van der Waals surface area contributed by atoms with Gasteiger partial charge in [0.1, 0.15) is 5.60 Å². The molecule has 19 heavy (non-hydrogen) atoms. The molecular formula is C15H19NO3. The van der Waals surface area contributed by atoms with Crippen LogP contribution in [-0.2, 0) is 14.3 Å². The fourth-order valence-corrected chi connectivity index (χ4v) is 1.38. The molecule has 0 fully saturated rings. The van der Waals surface area contributed by atoms with Gasteiger partial charge >= 0.3 is 5.97 Å². The van der Waals surface area contributed by atoms with Gasteiger partial charge in [-0.3, -0.25) is 4.79 Å². The fraction of sp³-hybridized carbons (Fsp3) is 0.333. The van der Waals surface area contributed by atoms with Gasteiger partial charge in [-0.25, -0.2) is 4.79 Å². The number of nitrogens with one attached hydrogen (secondary N) is 1. The zero-order valence-corrected chi connectivity index (χ0v) is 11.7. The summed E-state index contributed by atoms with van der Waals surface area (Å²) < 4.78 is 5.15. The average Bonchev–Trinajstić information content (AvgIpc) is 2.25. The van der Waals surface area contributed by atoms with E-state index in [1.807, 2.05) is 32.9 Å². The maximum absolute atomic E-state index is 11.5. The quantitative estimate of drug-likeness (QED) is 0.672. The van der Waals surface area contributed by atoms with Crippen LogP contribution in [-0.4, -0.2) is 17.5 Å². The molecule has 1 aromatic rings. The Hall–Kier alpha value is -2.10. The zero-order chi connectivity index (χ0) is 14.5. The van der Waals surface area contributed by atoms with Crippen LogP contribution in [0.5, 0.6) is 0 Å². The van der Waals surface area contributed by atoms with Gasteiger partial charge in [0.25, 0.3) is 0 Å². The normalized spacial score (nSPS) is 11.4. The van der Waals surface area contributed by atoms with Crippen molar-refractivity contribution in [1.82, 2.24) is 0 Å². The minimum Gasteiger partial charge on any atom is -0.457 e. The molecule has 4 heteroatoms. The molecule has 0 spiro atoms. The summed E-state index contributed by atoms with van der Waals surface area (Å²) in [7, 11) is 0. The summed E-state index contributed by atoms with van der Waals surface area (Å²) in [5.74, 6) is -0.490. The first-order valence-corrected chi connectivity index (χ1v) is 6.05. The Morgan fingerprint density at radius 3 is 2.21 bits per heavy atom. The van der Waals surface area contributed by atoms with Crippen molar-refractivity contribution >= 4 is 23.6 Å². The topological polar surface area (TPSA) is 55.4 Å². The van der Waals surface area contributed by atoms with Gasteiger partial charge in [-0.1, -0.05) is 12.1 Å². The molecule has 0 aliphatic rings. The summed E-state index contributed by atoms with van der Waals surface area (Å²) in [6, 6.07) is 7.17. The second kappa shape index (κ2) is 6.18. The number of hydrogen-bond acceptors (Lipinski definition) is 3. The number of esters is 1. The van der Waals surface area contributed by atoms with Crippen molar-refractivity contribution in [3.05, 3.63) is 35.9 Å². The van der Waals surface area contributed by atoms with E-state index >= 15 is 0 Å². The van der Waals surface area contributed by atoms with Crippen LogP contribution in [0.3, 0.4) is 0 Å². The lowest BCUT2D eigenvalue weighted by molar-refractivity contribution is -0.148. The van der Waals surface area contributed by atoms with Crippen LogP contribution in [0.25, 0.3) is 6.08 Å². The van der Waals surface area contributed by atoms with Crippen LogP contribution in [0.1, 0.15) is 33.3 Å². The van der Waals surface area contributed by atoms with Crippen molar-refractivity contribution in [2.45, 2.75) is 33.3 Å². The minimum absolute atomic E-state index is 0.114. The van der Waals surface area contributed by atoms with Gasteiger partial charge in [0.15, 0.2) is 0 Å². The van der Waals surface area contributed by atoms with E-state index in [0.29, 0.717) is 0 Å². The largest absolute Gasteiger partial charge is 0.457 e. The van der Waals surface area contributed by atoms with Gasteiger partial charge in [0.2, 0.25) is 5.91 Å². The van der Waals surface area contributed by atoms with E-state index in [1.165, 1.54) is 13.0 Å². The molecule has 1 aromatic carbocycles. The van der Waals surface area contributed by atoms with Crippen LogP contribution in [0.4, 0.5) is 5.69 Å². The first-order valence-electron chi connectivity index (χ1n) is 6.05. The molecule has 0 saturated carbocycles. The molecule has 1 N–H and O–H groups in total. The van der Waals surface area contributed by atoms with Crippen molar-refractivity contribution in [1.29, 1.82) is 0 Å². The summed E-state index contributed by atoms with van der Waals surface area (Å²) in [6.07, 6.45) is 3.06. The Balaban J connectivity index is 2.62. The summed E-state index contributed by atoms with van der Waals surface area (Å²) in [6.45, 7) is 6.92. The predicted octanol–water partition coefficient (Wildman–Crippen LogP) is 3.00. The van der Waals surface area contributed by atoms with E-state index in [-0.39, 0.29) is 11.9 Å². The first kappa shape index (κ1) is 15.0. The van der Waals surface area contributed by atoms with E-state index in [0.717, 1.165) is 11.3 Å². The Kier molecular flexibility index (Phi) is 4.87. The van der Waals surface area contributed by atoms with Crippen molar-refractivity contribution in [2.75, 3.05) is 5.32 Å². The molecule has 0 bridgehead atoms. The lowest BCUT2D eigenvalue weighted by Gasteiger charge is -2.17. The second-order valence-electron chi connectivity index (χ2n) is 5.17. The second-order valence-corrected chi connectivity index (χ2v) is 5.17. The first-order chi connectivity index (χ1) is 8.76. The van der Waals surface area contributed by atoms with Crippen molar-refractivity contribution < 1.29 is 14.3 Å². The smallest absolute Gasteiger partial charge is 0.331 e. The monoisotopic (exact) mass is 261 g/mol. The number of anilines is 1. The zero-order valence-electron chi connectivity index (χ0n) is 11.7. The van der Waals surface area contributed by atoms with Crippen molar-refractivity contribution in [3.8, 4) is 0 Å². The van der Waals surface area contributed by atoms with Gasteiger partial charge in [-0.15, -0.1) is 0 Å². The molecule has 0 radical (unpaired) electrons. The molecule has 0 aromatic heterocycles. The number of hydrogen-bond donors (Lipinski definition) is 1. The van der Waals surface area contributed by atoms with E-state index in [1.54, 1.807) is 18.2 Å². The highest BCUT2D eigenvalue weighted by atomic mass is 16.6. The van der Waals surface area contributed by atoms with Crippen molar-refractivity contribution in [2.24, 2.45) is 0 Å². The van der Waals surface area contributed by atoms with Gasteiger partial charge in [-0.05, 0) is 44.5 Å². The highest BCUT2D eigenvalue weighted by molar-refractivity contribution is 5.89. The highest BCUT2D eigenvalue weighted by Gasteiger charge is 2.13. The number of carbonyl (C=O) groups is 2. The Bertz CT molecular complexity index is 481. The van der Waals surface area contributed by atoms with Crippen LogP contribution < -0.4 is 5.32 Å². The minimum atomic E-state index is -0.489. The number of benzene rings is 1. The van der Waals surface area contributed by atoms with E-state index < -0.39 is 5.60 Å². The van der Waals surface area contributed by atoms with Gasteiger partial charge < -0.3 is 10.1 Å². The number of amides is 1. The molecule has 1 amide bonds. The summed E-state index contributed by atoms with van der Waals surface area (Å²) in [5.41, 5.74) is 1.10. The maximum Gasteiger partial charge on any atom is 0.331 e. The van der Waals surface area contributed by atoms with E-state index in [2.05, 4.69) is 5.32 Å². The molecule has 0 heterocycles. The summed E-state index contributed by atoms with van der Waals surface area (Å²) >= 11 is 0. The summed E-state index contributed by atoms with van der Waals surface area (Å²) in [5, 5.41) is 2.67. The molecule has 102 valence electrons.